The van der Waals surface area contributed by atoms with Gasteiger partial charge in [-0.15, -0.1) is 0 Å². The van der Waals surface area contributed by atoms with Crippen LogP contribution in [-0.4, -0.2) is 31.2 Å². The van der Waals surface area contributed by atoms with Crippen LogP contribution in [0.25, 0.3) is 16.7 Å². The fraction of sp³-hybridized carbons (Fsp3) is 0.158. The predicted octanol–water partition coefficient (Wildman–Crippen LogP) is 3.37. The van der Waals surface area contributed by atoms with E-state index in [9.17, 15) is 4.55 Å². The molecule has 6 nitrogen and oxygen atoms in total. The van der Waals surface area contributed by atoms with Crippen LogP contribution in [0.3, 0.4) is 0 Å². The minimum absolute atomic E-state index is 0.00598. The molecule has 0 fully saturated rings. The Morgan fingerprint density at radius 2 is 2.19 bits per heavy atom. The van der Waals surface area contributed by atoms with Crippen molar-refractivity contribution in [1.29, 1.82) is 0 Å². The first kappa shape index (κ1) is 7.85. The third-order valence-corrected chi connectivity index (χ3v) is 4.28. The maximum absolute atomic E-state index is 13.5. The van der Waals surface area contributed by atoms with Crippen molar-refractivity contribution >= 4 is 22.2 Å². The highest BCUT2D eigenvalue weighted by molar-refractivity contribution is 7.90. The average Bonchev–Trinajstić information content (AvgIpc) is 3.30. The largest absolute Gasteiger partial charge is 0.609 e. The van der Waals surface area contributed by atoms with Crippen molar-refractivity contribution in [2.24, 2.45) is 0 Å². The summed E-state index contributed by atoms with van der Waals surface area (Å²) >= 11 is -2.84. The van der Waals surface area contributed by atoms with E-state index in [1.54, 1.807) is 0 Å². The van der Waals surface area contributed by atoms with E-state index in [-0.39, 0.29) is 11.3 Å². The number of imidazole rings is 1. The number of ether oxygens (including phenoxy) is 1. The summed E-state index contributed by atoms with van der Waals surface area (Å²) < 4.78 is 117. The van der Waals surface area contributed by atoms with Gasteiger partial charge in [-0.25, -0.2) is 0 Å². The molecule has 4 rings (SSSR count). The van der Waals surface area contributed by atoms with E-state index in [4.69, 9.17) is 21.2 Å². The van der Waals surface area contributed by atoms with Gasteiger partial charge in [-0.1, -0.05) is 0 Å². The number of hydrogen-bond acceptors (Lipinski definition) is 4. The summed E-state index contributed by atoms with van der Waals surface area (Å²) in [5, 5.41) is -0.753. The Morgan fingerprint density at radius 3 is 2.96 bits per heavy atom. The number of nitrogens with one attached hydrogen (secondary N) is 1. The van der Waals surface area contributed by atoms with Crippen LogP contribution < -0.4 is 4.74 Å². The molecule has 1 aromatic carbocycles. The van der Waals surface area contributed by atoms with Gasteiger partial charge < -0.3 is 13.9 Å². The van der Waals surface area contributed by atoms with Crippen molar-refractivity contribution in [3.05, 3.63) is 66.0 Å². The lowest BCUT2D eigenvalue weighted by Gasteiger charge is -2.10. The molecule has 0 spiro atoms. The van der Waals surface area contributed by atoms with Crippen LogP contribution in [0, 0.1) is 6.92 Å². The molecule has 0 saturated carbocycles. The molecule has 26 heavy (non-hydrogen) atoms. The Balaban J connectivity index is 1.97. The maximum atomic E-state index is 13.5. The molecule has 3 heterocycles. The van der Waals surface area contributed by atoms with Crippen LogP contribution in [0.4, 0.5) is 0 Å². The molecule has 1 atom stereocenters. The SMILES string of the molecule is [2H]c1nc(C([2H])([2H])[S+]([O-])c2nc3c([2H])c(-n4c([2H])c([2H])c([2H])c4[2H])c([2H])c([2H])c3n2[2H])c(C)c(OC)c1[2H]. The summed E-state index contributed by atoms with van der Waals surface area (Å²) in [5.74, 6) is -0.155. The van der Waals surface area contributed by atoms with E-state index in [1.807, 2.05) is 0 Å². The molecule has 7 heteroatoms. The topological polar surface area (TPSA) is 78.8 Å². The van der Waals surface area contributed by atoms with Gasteiger partial charge in [-0.05, 0) is 43.2 Å². The Labute approximate surface area is 171 Å². The van der Waals surface area contributed by atoms with Crippen LogP contribution in [0.5, 0.6) is 5.75 Å². The van der Waals surface area contributed by atoms with Crippen molar-refractivity contribution in [3.63, 3.8) is 0 Å². The lowest BCUT2D eigenvalue weighted by Crippen LogP contribution is -2.10. The molecule has 1 N–H and O–H groups in total. The number of aromatic amines is 1. The predicted molar refractivity (Wildman–Crippen MR) is 101 cm³/mol. The van der Waals surface area contributed by atoms with Gasteiger partial charge in [0.25, 0.3) is 0 Å². The minimum atomic E-state index is -2.89. The van der Waals surface area contributed by atoms with Crippen molar-refractivity contribution in [1.82, 2.24) is 19.5 Å². The monoisotopic (exact) mass is 378 g/mol. The van der Waals surface area contributed by atoms with Crippen molar-refractivity contribution in [2.45, 2.75) is 17.8 Å². The van der Waals surface area contributed by atoms with E-state index in [0.717, 1.165) is 0 Å². The van der Waals surface area contributed by atoms with E-state index < -0.39 is 99.2 Å². The Bertz CT molecular complexity index is 1610. The standard InChI is InChI=1S/C19H18N4O2S/c1-13-17(20-8-7-18(13)25-2)12-26(24)19-21-15-6-5-14(11-16(15)22-19)23-9-3-4-10-23/h3-11H,12H2,1-2H3,(H,21,22)/i3D,4D,5D,6D,7D,8D,9D,10D,11D,12D2/hD. The van der Waals surface area contributed by atoms with E-state index in [2.05, 4.69) is 9.97 Å². The molecule has 3 aromatic heterocycles. The fourth-order valence-corrected chi connectivity index (χ4v) is 2.93. The molecule has 0 aliphatic carbocycles. The number of pyridine rings is 1. The fourth-order valence-electron chi connectivity index (χ4n) is 2.12. The van der Waals surface area contributed by atoms with Crippen LogP contribution in [-0.2, 0) is 16.9 Å². The second-order valence-corrected chi connectivity index (χ2v) is 6.07. The summed E-state index contributed by atoms with van der Waals surface area (Å²) in [4.78, 5) is 8.08. The normalized spacial score (nSPS) is 19.5. The first-order chi connectivity index (χ1) is 17.6. The highest BCUT2D eigenvalue weighted by Gasteiger charge is 2.20. The van der Waals surface area contributed by atoms with Crippen molar-refractivity contribution in [2.75, 3.05) is 7.11 Å². The van der Waals surface area contributed by atoms with E-state index in [0.29, 0.717) is 9.54 Å². The summed E-state index contributed by atoms with van der Waals surface area (Å²) in [7, 11) is 1.21. The van der Waals surface area contributed by atoms with E-state index >= 15 is 0 Å². The molecule has 0 aliphatic rings. The summed E-state index contributed by atoms with van der Waals surface area (Å²) in [6.07, 6.45) is -1.99. The number of methoxy groups -OCH3 is 1. The van der Waals surface area contributed by atoms with Gasteiger partial charge in [0, 0.05) is 40.9 Å². The zero-order valence-electron chi connectivity index (χ0n) is 25.5. The third kappa shape index (κ3) is 3.07. The zero-order valence-corrected chi connectivity index (χ0v) is 14.3. The summed E-state index contributed by atoms with van der Waals surface area (Å²) in [6, 6.07) is -3.76. The second kappa shape index (κ2) is 6.86. The number of aromatic nitrogens is 4. The lowest BCUT2D eigenvalue weighted by atomic mass is 10.2. The van der Waals surface area contributed by atoms with Crippen molar-refractivity contribution < 1.29 is 25.8 Å². The lowest BCUT2D eigenvalue weighted by molar-refractivity contribution is 0.410. The van der Waals surface area contributed by atoms with E-state index in [1.165, 1.54) is 14.0 Å². The third-order valence-electron chi connectivity index (χ3n) is 3.39. The molecular weight excluding hydrogens is 348 g/mol. The number of rotatable bonds is 5. The van der Waals surface area contributed by atoms with Crippen LogP contribution in [0.1, 0.15) is 26.3 Å². The molecule has 1 unspecified atom stereocenters. The highest BCUT2D eigenvalue weighted by atomic mass is 32.2. The minimum Gasteiger partial charge on any atom is -0.609 e. The summed E-state index contributed by atoms with van der Waals surface area (Å²) in [6.45, 7) is 1.36. The van der Waals surface area contributed by atoms with Gasteiger partial charge in [-0.2, -0.15) is 4.98 Å². The maximum Gasteiger partial charge on any atom is 0.322 e. The van der Waals surface area contributed by atoms with Crippen LogP contribution in [0.2, 0.25) is 1.41 Å². The zero-order chi connectivity index (χ0) is 28.6. The summed E-state index contributed by atoms with van der Waals surface area (Å²) in [5.41, 5.74) is -4.83. The molecule has 4 aromatic rings. The van der Waals surface area contributed by atoms with Gasteiger partial charge in [-0.3, -0.25) is 9.96 Å². The van der Waals surface area contributed by atoms with Gasteiger partial charge in [0.05, 0.1) is 38.9 Å². The number of H-pyrrole nitrogens is 1. The van der Waals surface area contributed by atoms with Crippen LogP contribution in [0.15, 0.2) is 59.9 Å². The van der Waals surface area contributed by atoms with Gasteiger partial charge in [0.15, 0.2) is 7.12 Å². The molecule has 0 radical (unpaired) electrons. The number of nitrogens with zero attached hydrogens (tertiary/aromatic N) is 3. The first-order valence-corrected chi connectivity index (χ1v) is 8.35. The average molecular weight is 379 g/mol. The Kier molecular flexibility index (Phi) is 2.07. The second-order valence-electron chi connectivity index (χ2n) is 4.96. The smallest absolute Gasteiger partial charge is 0.322 e. The number of hydrogen-bond donors (Lipinski definition) is 1. The van der Waals surface area contributed by atoms with Gasteiger partial charge in [0.2, 0.25) is 0 Å². The van der Waals surface area contributed by atoms with Crippen LogP contribution >= 0.6 is 0 Å². The molecular formula is C19H18N4O2S. The van der Waals surface area contributed by atoms with Crippen molar-refractivity contribution in [3.8, 4) is 11.4 Å². The molecule has 0 bridgehead atoms. The molecule has 132 valence electrons. The molecule has 0 amide bonds. The van der Waals surface area contributed by atoms with Gasteiger partial charge in [0.1, 0.15) is 5.75 Å². The molecule has 0 aliphatic heterocycles. The number of fused-ring (bicyclic) bond motifs is 1. The molecule has 0 saturated heterocycles. The highest BCUT2D eigenvalue weighted by Crippen LogP contribution is 2.24. The first-order valence-electron chi connectivity index (χ1n) is 13.1. The Hall–Kier alpha value is -2.77. The van der Waals surface area contributed by atoms with Gasteiger partial charge >= 0.3 is 5.16 Å². The Morgan fingerprint density at radius 1 is 1.38 bits per heavy atom. The number of benzene rings is 1. The quantitative estimate of drug-likeness (QED) is 0.540.